The number of anilines is 2. The molecule has 2 aromatic rings. The number of rotatable bonds is 4. The van der Waals surface area contributed by atoms with Gasteiger partial charge in [-0.2, -0.15) is 0 Å². The van der Waals surface area contributed by atoms with Crippen molar-refractivity contribution >= 4 is 34.8 Å². The summed E-state index contributed by atoms with van der Waals surface area (Å²) in [6.07, 6.45) is 0. The number of hydrogen-bond donors (Lipinski definition) is 2. The first-order valence-corrected chi connectivity index (χ1v) is 9.24. The summed E-state index contributed by atoms with van der Waals surface area (Å²) in [5, 5.41) is 3.40. The van der Waals surface area contributed by atoms with Gasteiger partial charge in [0.05, 0.1) is 6.54 Å². The maximum Gasteiger partial charge on any atom is 0.252 e. The number of amides is 2. The largest absolute Gasteiger partial charge is 0.399 e. The topological polar surface area (TPSA) is 78.7 Å². The van der Waals surface area contributed by atoms with Crippen molar-refractivity contribution < 1.29 is 9.59 Å². The van der Waals surface area contributed by atoms with Gasteiger partial charge in [0.25, 0.3) is 5.91 Å². The van der Waals surface area contributed by atoms with Crippen molar-refractivity contribution in [2.75, 3.05) is 43.4 Å². The van der Waals surface area contributed by atoms with Gasteiger partial charge >= 0.3 is 0 Å². The van der Waals surface area contributed by atoms with E-state index in [-0.39, 0.29) is 18.4 Å². The van der Waals surface area contributed by atoms with Gasteiger partial charge in [-0.05, 0) is 42.8 Å². The Balaban J connectivity index is 1.51. The summed E-state index contributed by atoms with van der Waals surface area (Å²) in [5.74, 6) is -0.374. The van der Waals surface area contributed by atoms with Crippen LogP contribution in [0.5, 0.6) is 0 Å². The second-order valence-electron chi connectivity index (χ2n) is 6.60. The Morgan fingerprint density at radius 1 is 1.11 bits per heavy atom. The first kappa shape index (κ1) is 19.0. The Kier molecular flexibility index (Phi) is 5.86. The third-order valence-electron chi connectivity index (χ3n) is 4.71. The number of nitrogens with two attached hydrogens (primary N) is 1. The summed E-state index contributed by atoms with van der Waals surface area (Å²) in [6, 6.07) is 12.9. The van der Waals surface area contributed by atoms with Gasteiger partial charge in [-0.25, -0.2) is 0 Å². The second kappa shape index (κ2) is 8.31. The Morgan fingerprint density at radius 3 is 2.56 bits per heavy atom. The van der Waals surface area contributed by atoms with Crippen LogP contribution < -0.4 is 16.0 Å². The minimum atomic E-state index is -0.286. The zero-order valence-electron chi connectivity index (χ0n) is 15.2. The number of piperazine rings is 1. The third-order valence-corrected chi connectivity index (χ3v) is 4.95. The van der Waals surface area contributed by atoms with Gasteiger partial charge in [-0.3, -0.25) is 9.59 Å². The number of nitrogens with one attached hydrogen (secondary N) is 1. The van der Waals surface area contributed by atoms with Crippen molar-refractivity contribution in [1.82, 2.24) is 10.2 Å². The molecule has 1 fully saturated rings. The lowest BCUT2D eigenvalue weighted by atomic mass is 10.1. The molecule has 0 atom stereocenters. The highest BCUT2D eigenvalue weighted by atomic mass is 35.5. The van der Waals surface area contributed by atoms with E-state index in [1.54, 1.807) is 23.1 Å². The average molecular weight is 387 g/mol. The lowest BCUT2D eigenvalue weighted by Crippen LogP contribution is -2.51. The Morgan fingerprint density at radius 2 is 1.85 bits per heavy atom. The molecule has 3 N–H and O–H groups in total. The number of nitrogens with zero attached hydrogens (tertiary/aromatic N) is 2. The van der Waals surface area contributed by atoms with Crippen LogP contribution in [-0.2, 0) is 4.79 Å². The number of hydrogen-bond acceptors (Lipinski definition) is 4. The van der Waals surface area contributed by atoms with E-state index < -0.39 is 0 Å². The van der Waals surface area contributed by atoms with E-state index in [1.165, 1.54) is 0 Å². The number of halogens is 1. The predicted molar refractivity (Wildman–Crippen MR) is 108 cm³/mol. The summed E-state index contributed by atoms with van der Waals surface area (Å²) in [4.78, 5) is 28.7. The van der Waals surface area contributed by atoms with Gasteiger partial charge in [-0.15, -0.1) is 0 Å². The average Bonchev–Trinajstić information content (AvgIpc) is 2.68. The van der Waals surface area contributed by atoms with E-state index in [9.17, 15) is 9.59 Å². The van der Waals surface area contributed by atoms with Crippen LogP contribution in [0, 0.1) is 6.92 Å². The van der Waals surface area contributed by atoms with Crippen molar-refractivity contribution in [3.63, 3.8) is 0 Å². The summed E-state index contributed by atoms with van der Waals surface area (Å²) in [7, 11) is 0. The minimum absolute atomic E-state index is 0.0236. The highest BCUT2D eigenvalue weighted by Crippen LogP contribution is 2.20. The number of benzene rings is 2. The molecule has 1 saturated heterocycles. The Hall–Kier alpha value is -2.73. The van der Waals surface area contributed by atoms with Crippen molar-refractivity contribution in [2.24, 2.45) is 0 Å². The molecular formula is C20H23ClN4O2. The first-order chi connectivity index (χ1) is 12.9. The standard InChI is InChI=1S/C20H23ClN4O2/c1-14-5-6-16(22)12-18(14)20(27)23-13-19(26)25-9-7-24(8-10-25)17-4-2-3-15(21)11-17/h2-6,11-12H,7-10,13,22H2,1H3,(H,23,27). The third kappa shape index (κ3) is 4.71. The molecule has 0 aliphatic carbocycles. The quantitative estimate of drug-likeness (QED) is 0.790. The minimum Gasteiger partial charge on any atom is -0.399 e. The molecule has 0 bridgehead atoms. The van der Waals surface area contributed by atoms with Crippen LogP contribution in [0.15, 0.2) is 42.5 Å². The molecule has 0 saturated carbocycles. The summed E-state index contributed by atoms with van der Waals surface area (Å²) >= 11 is 6.05. The van der Waals surface area contributed by atoms with Gasteiger partial charge in [0, 0.05) is 48.1 Å². The van der Waals surface area contributed by atoms with Crippen LogP contribution in [-0.4, -0.2) is 49.4 Å². The molecule has 1 aliphatic heterocycles. The van der Waals surface area contributed by atoms with E-state index in [0.717, 1.165) is 24.3 Å². The molecule has 0 unspecified atom stereocenters. The van der Waals surface area contributed by atoms with E-state index in [4.69, 9.17) is 17.3 Å². The monoisotopic (exact) mass is 386 g/mol. The van der Waals surface area contributed by atoms with Crippen molar-refractivity contribution in [3.05, 3.63) is 58.6 Å². The van der Waals surface area contributed by atoms with Crippen LogP contribution >= 0.6 is 11.6 Å². The maximum absolute atomic E-state index is 12.4. The zero-order chi connectivity index (χ0) is 19.4. The lowest BCUT2D eigenvalue weighted by Gasteiger charge is -2.36. The smallest absolute Gasteiger partial charge is 0.252 e. The van der Waals surface area contributed by atoms with E-state index in [2.05, 4.69) is 10.2 Å². The number of carbonyl (C=O) groups excluding carboxylic acids is 2. The highest BCUT2D eigenvalue weighted by Gasteiger charge is 2.22. The summed E-state index contributed by atoms with van der Waals surface area (Å²) < 4.78 is 0. The second-order valence-corrected chi connectivity index (χ2v) is 7.04. The lowest BCUT2D eigenvalue weighted by molar-refractivity contribution is -0.130. The van der Waals surface area contributed by atoms with Gasteiger partial charge in [-0.1, -0.05) is 23.7 Å². The molecule has 3 rings (SSSR count). The summed E-state index contributed by atoms with van der Waals surface area (Å²) in [5.41, 5.74) is 8.64. The maximum atomic E-state index is 12.4. The number of aryl methyl sites for hydroxylation is 1. The predicted octanol–water partition coefficient (Wildman–Crippen LogP) is 2.31. The first-order valence-electron chi connectivity index (χ1n) is 8.86. The SMILES string of the molecule is Cc1ccc(N)cc1C(=O)NCC(=O)N1CCN(c2cccc(Cl)c2)CC1. The highest BCUT2D eigenvalue weighted by molar-refractivity contribution is 6.30. The molecule has 2 amide bonds. The van der Waals surface area contributed by atoms with Crippen LogP contribution in [0.25, 0.3) is 0 Å². The molecule has 0 aromatic heterocycles. The van der Waals surface area contributed by atoms with Crippen LogP contribution in [0.2, 0.25) is 5.02 Å². The molecule has 1 heterocycles. The van der Waals surface area contributed by atoms with E-state index in [0.29, 0.717) is 29.4 Å². The van der Waals surface area contributed by atoms with E-state index >= 15 is 0 Å². The van der Waals surface area contributed by atoms with Crippen molar-refractivity contribution in [3.8, 4) is 0 Å². The normalized spacial score (nSPS) is 14.1. The molecule has 1 aliphatic rings. The molecule has 142 valence electrons. The fourth-order valence-electron chi connectivity index (χ4n) is 3.13. The van der Waals surface area contributed by atoms with Crippen LogP contribution in [0.1, 0.15) is 15.9 Å². The van der Waals surface area contributed by atoms with E-state index in [1.807, 2.05) is 31.2 Å². The van der Waals surface area contributed by atoms with Gasteiger partial charge < -0.3 is 20.9 Å². The Bertz CT molecular complexity index is 848. The zero-order valence-corrected chi connectivity index (χ0v) is 16.0. The van der Waals surface area contributed by atoms with Gasteiger partial charge in [0.2, 0.25) is 5.91 Å². The fourth-order valence-corrected chi connectivity index (χ4v) is 3.32. The molecule has 27 heavy (non-hydrogen) atoms. The summed E-state index contributed by atoms with van der Waals surface area (Å²) in [6.45, 7) is 4.50. The molecule has 7 heteroatoms. The van der Waals surface area contributed by atoms with Gasteiger partial charge in [0.1, 0.15) is 0 Å². The van der Waals surface area contributed by atoms with Crippen molar-refractivity contribution in [1.29, 1.82) is 0 Å². The van der Waals surface area contributed by atoms with Crippen molar-refractivity contribution in [2.45, 2.75) is 6.92 Å². The molecule has 2 aromatic carbocycles. The molecular weight excluding hydrogens is 364 g/mol. The molecule has 0 radical (unpaired) electrons. The number of carbonyl (C=O) groups is 2. The fraction of sp³-hybridized carbons (Fsp3) is 0.300. The van der Waals surface area contributed by atoms with Crippen LogP contribution in [0.3, 0.4) is 0 Å². The Labute approximate surface area is 163 Å². The molecule has 0 spiro atoms. The van der Waals surface area contributed by atoms with Crippen LogP contribution in [0.4, 0.5) is 11.4 Å². The molecule has 6 nitrogen and oxygen atoms in total. The number of nitrogen functional groups attached to an aromatic ring is 1. The van der Waals surface area contributed by atoms with Gasteiger partial charge in [0.15, 0.2) is 0 Å².